The van der Waals surface area contributed by atoms with Crippen molar-refractivity contribution in [2.24, 2.45) is 0 Å². The summed E-state index contributed by atoms with van der Waals surface area (Å²) in [5.74, 6) is 0.611. The van der Waals surface area contributed by atoms with Crippen LogP contribution in [0.4, 0.5) is 0 Å². The molecule has 0 bridgehead atoms. The Morgan fingerprint density at radius 1 is 1.17 bits per heavy atom. The second-order valence-electron chi connectivity index (χ2n) is 3.47. The number of aromatic nitrogens is 1. The summed E-state index contributed by atoms with van der Waals surface area (Å²) in [5, 5.41) is 8.77. The molecule has 0 aliphatic carbocycles. The summed E-state index contributed by atoms with van der Waals surface area (Å²) in [6, 6.07) is 9.48. The second kappa shape index (κ2) is 5.18. The minimum Gasteiger partial charge on any atom is -0.481 e. The van der Waals surface area contributed by atoms with Crippen molar-refractivity contribution in [1.29, 1.82) is 0 Å². The van der Waals surface area contributed by atoms with Crippen LogP contribution in [0.2, 0.25) is 0 Å². The van der Waals surface area contributed by atoms with E-state index in [1.165, 1.54) is 19.2 Å². The number of hydrogen-bond donors (Lipinski definition) is 1. The van der Waals surface area contributed by atoms with Crippen molar-refractivity contribution in [1.82, 2.24) is 4.98 Å². The van der Waals surface area contributed by atoms with E-state index in [4.69, 9.17) is 14.6 Å². The van der Waals surface area contributed by atoms with Crippen molar-refractivity contribution in [3.8, 4) is 17.4 Å². The average molecular weight is 245 g/mol. The molecule has 1 aromatic carbocycles. The summed E-state index contributed by atoms with van der Waals surface area (Å²) in [4.78, 5) is 14.6. The molecule has 2 aromatic rings. The number of pyridine rings is 1. The van der Waals surface area contributed by atoms with Gasteiger partial charge < -0.3 is 14.6 Å². The van der Waals surface area contributed by atoms with Gasteiger partial charge in [0.25, 0.3) is 0 Å². The highest BCUT2D eigenvalue weighted by Gasteiger charge is 2.03. The predicted molar refractivity (Wildman–Crippen MR) is 64.3 cm³/mol. The molecule has 0 amide bonds. The van der Waals surface area contributed by atoms with Gasteiger partial charge in [-0.15, -0.1) is 0 Å². The topological polar surface area (TPSA) is 68.7 Å². The Balaban J connectivity index is 2.15. The standard InChI is InChI=1S/C13H11NO4/c1-17-12-8-11(6-7-14-12)18-10-4-2-9(3-5-10)13(15)16/h2-8H,1H3,(H,15,16). The van der Waals surface area contributed by atoms with Crippen LogP contribution < -0.4 is 9.47 Å². The van der Waals surface area contributed by atoms with Gasteiger partial charge in [0.1, 0.15) is 11.5 Å². The molecular formula is C13H11NO4. The number of ether oxygens (including phenoxy) is 2. The molecule has 18 heavy (non-hydrogen) atoms. The van der Waals surface area contributed by atoms with E-state index in [9.17, 15) is 4.79 Å². The largest absolute Gasteiger partial charge is 0.481 e. The van der Waals surface area contributed by atoms with Crippen LogP contribution in [0, 0.1) is 0 Å². The monoisotopic (exact) mass is 245 g/mol. The summed E-state index contributed by atoms with van der Waals surface area (Å²) < 4.78 is 10.5. The van der Waals surface area contributed by atoms with Gasteiger partial charge in [0.2, 0.25) is 5.88 Å². The zero-order valence-corrected chi connectivity index (χ0v) is 9.66. The summed E-state index contributed by atoms with van der Waals surface area (Å²) >= 11 is 0. The highest BCUT2D eigenvalue weighted by atomic mass is 16.5. The van der Waals surface area contributed by atoms with Gasteiger partial charge in [-0.2, -0.15) is 0 Å². The number of carbonyl (C=O) groups is 1. The first kappa shape index (κ1) is 11.9. The summed E-state index contributed by atoms with van der Waals surface area (Å²) in [6.45, 7) is 0. The molecule has 0 fully saturated rings. The first-order chi connectivity index (χ1) is 8.69. The minimum atomic E-state index is -0.966. The molecule has 0 atom stereocenters. The quantitative estimate of drug-likeness (QED) is 0.896. The number of carboxylic acids is 1. The highest BCUT2D eigenvalue weighted by molar-refractivity contribution is 5.87. The van der Waals surface area contributed by atoms with Crippen LogP contribution in [-0.2, 0) is 0 Å². The second-order valence-corrected chi connectivity index (χ2v) is 3.47. The van der Waals surface area contributed by atoms with E-state index in [0.29, 0.717) is 17.4 Å². The lowest BCUT2D eigenvalue weighted by Gasteiger charge is -2.06. The van der Waals surface area contributed by atoms with Crippen LogP contribution in [0.25, 0.3) is 0 Å². The maximum atomic E-state index is 10.7. The van der Waals surface area contributed by atoms with Gasteiger partial charge in [0.15, 0.2) is 0 Å². The van der Waals surface area contributed by atoms with Crippen molar-refractivity contribution in [3.05, 3.63) is 48.2 Å². The number of methoxy groups -OCH3 is 1. The fraction of sp³-hybridized carbons (Fsp3) is 0.0769. The molecule has 1 heterocycles. The molecule has 5 nitrogen and oxygen atoms in total. The third-order valence-corrected chi connectivity index (χ3v) is 2.25. The Morgan fingerprint density at radius 2 is 1.89 bits per heavy atom. The van der Waals surface area contributed by atoms with Crippen LogP contribution >= 0.6 is 0 Å². The molecule has 0 saturated carbocycles. The van der Waals surface area contributed by atoms with E-state index in [1.54, 1.807) is 30.5 Å². The predicted octanol–water partition coefficient (Wildman–Crippen LogP) is 2.58. The fourth-order valence-corrected chi connectivity index (χ4v) is 1.37. The number of rotatable bonds is 4. The molecule has 0 spiro atoms. The molecule has 0 saturated heterocycles. The Morgan fingerprint density at radius 3 is 2.50 bits per heavy atom. The molecule has 1 aromatic heterocycles. The van der Waals surface area contributed by atoms with Crippen LogP contribution in [0.15, 0.2) is 42.6 Å². The Labute approximate surface area is 104 Å². The third kappa shape index (κ3) is 2.76. The van der Waals surface area contributed by atoms with Crippen molar-refractivity contribution in [3.63, 3.8) is 0 Å². The van der Waals surface area contributed by atoms with Crippen LogP contribution in [0.3, 0.4) is 0 Å². The molecule has 0 aliphatic heterocycles. The lowest BCUT2D eigenvalue weighted by molar-refractivity contribution is 0.0697. The fourth-order valence-electron chi connectivity index (χ4n) is 1.37. The number of nitrogens with zero attached hydrogens (tertiary/aromatic N) is 1. The average Bonchev–Trinajstić information content (AvgIpc) is 2.39. The van der Waals surface area contributed by atoms with Crippen molar-refractivity contribution in [2.45, 2.75) is 0 Å². The van der Waals surface area contributed by atoms with E-state index in [0.717, 1.165) is 0 Å². The summed E-state index contributed by atoms with van der Waals surface area (Å²) in [7, 11) is 1.52. The number of benzene rings is 1. The number of hydrogen-bond acceptors (Lipinski definition) is 4. The Hall–Kier alpha value is -2.56. The van der Waals surface area contributed by atoms with Crippen LogP contribution in [0.5, 0.6) is 17.4 Å². The van der Waals surface area contributed by atoms with Crippen molar-refractivity contribution >= 4 is 5.97 Å². The molecule has 2 rings (SSSR count). The molecular weight excluding hydrogens is 234 g/mol. The maximum Gasteiger partial charge on any atom is 0.335 e. The minimum absolute atomic E-state index is 0.217. The van der Waals surface area contributed by atoms with Gasteiger partial charge in [-0.05, 0) is 30.3 Å². The van der Waals surface area contributed by atoms with Crippen molar-refractivity contribution < 1.29 is 19.4 Å². The van der Waals surface area contributed by atoms with Gasteiger partial charge in [-0.3, -0.25) is 0 Å². The number of aromatic carboxylic acids is 1. The Kier molecular flexibility index (Phi) is 3.43. The molecule has 0 unspecified atom stereocenters. The smallest absolute Gasteiger partial charge is 0.335 e. The van der Waals surface area contributed by atoms with E-state index in [2.05, 4.69) is 4.98 Å². The molecule has 0 radical (unpaired) electrons. The number of carboxylic acid groups (broad SMARTS) is 1. The lowest BCUT2D eigenvalue weighted by atomic mass is 10.2. The molecule has 5 heteroatoms. The van der Waals surface area contributed by atoms with Crippen LogP contribution in [-0.4, -0.2) is 23.2 Å². The summed E-state index contributed by atoms with van der Waals surface area (Å²) in [6.07, 6.45) is 1.57. The van der Waals surface area contributed by atoms with E-state index >= 15 is 0 Å². The zero-order valence-electron chi connectivity index (χ0n) is 9.66. The summed E-state index contributed by atoms with van der Waals surface area (Å²) in [5.41, 5.74) is 0.217. The SMILES string of the molecule is COc1cc(Oc2ccc(C(=O)O)cc2)ccn1. The zero-order chi connectivity index (χ0) is 13.0. The van der Waals surface area contributed by atoms with Gasteiger partial charge in [-0.25, -0.2) is 9.78 Å². The Bertz CT molecular complexity index is 551. The molecule has 1 N–H and O–H groups in total. The van der Waals surface area contributed by atoms with Crippen molar-refractivity contribution in [2.75, 3.05) is 7.11 Å². The first-order valence-electron chi connectivity index (χ1n) is 5.20. The third-order valence-electron chi connectivity index (χ3n) is 2.25. The van der Waals surface area contributed by atoms with Gasteiger partial charge in [0.05, 0.1) is 12.7 Å². The van der Waals surface area contributed by atoms with E-state index < -0.39 is 5.97 Å². The normalized spacial score (nSPS) is 9.83. The van der Waals surface area contributed by atoms with Gasteiger partial charge >= 0.3 is 5.97 Å². The molecule has 0 aliphatic rings. The van der Waals surface area contributed by atoms with Crippen LogP contribution in [0.1, 0.15) is 10.4 Å². The van der Waals surface area contributed by atoms with E-state index in [1.807, 2.05) is 0 Å². The van der Waals surface area contributed by atoms with Gasteiger partial charge in [0, 0.05) is 12.3 Å². The lowest BCUT2D eigenvalue weighted by Crippen LogP contribution is -1.95. The first-order valence-corrected chi connectivity index (χ1v) is 5.20. The molecule has 92 valence electrons. The highest BCUT2D eigenvalue weighted by Crippen LogP contribution is 2.23. The maximum absolute atomic E-state index is 10.7. The van der Waals surface area contributed by atoms with E-state index in [-0.39, 0.29) is 5.56 Å². The van der Waals surface area contributed by atoms with Gasteiger partial charge in [-0.1, -0.05) is 0 Å².